The Hall–Kier alpha value is -3.20. The van der Waals surface area contributed by atoms with Gasteiger partial charge in [-0.15, -0.1) is 0 Å². The molecule has 1 aromatic carbocycles. The minimum absolute atomic E-state index is 0.0741. The molecule has 9 nitrogen and oxygen atoms in total. The van der Waals surface area contributed by atoms with E-state index in [0.29, 0.717) is 23.4 Å². The summed E-state index contributed by atoms with van der Waals surface area (Å²) in [5.74, 6) is -4.19. The summed E-state index contributed by atoms with van der Waals surface area (Å²) < 4.78 is 10.3. The van der Waals surface area contributed by atoms with Crippen molar-refractivity contribution in [1.82, 2.24) is 5.32 Å². The minimum Gasteiger partial charge on any atom is -0.468 e. The predicted octanol–water partition coefficient (Wildman–Crippen LogP) is 3.81. The molecule has 176 valence electrons. The van der Waals surface area contributed by atoms with E-state index in [1.807, 2.05) is 0 Å². The van der Waals surface area contributed by atoms with Crippen LogP contribution in [0, 0.1) is 22.0 Å². The van der Waals surface area contributed by atoms with Crippen molar-refractivity contribution in [3.63, 3.8) is 0 Å². The molecule has 10 heteroatoms. The highest BCUT2D eigenvalue weighted by Crippen LogP contribution is 2.46. The Morgan fingerprint density at radius 3 is 2.55 bits per heavy atom. The van der Waals surface area contributed by atoms with Crippen molar-refractivity contribution in [3.05, 3.63) is 61.4 Å². The molecule has 1 N–H and O–H groups in total. The van der Waals surface area contributed by atoms with E-state index in [9.17, 15) is 24.5 Å². The molecule has 0 saturated heterocycles. The molecular formula is C23H25ClN2O7. The Morgan fingerprint density at radius 2 is 1.97 bits per heavy atom. The molecular weight excluding hydrogens is 452 g/mol. The number of methoxy groups -OCH3 is 1. The highest BCUT2D eigenvalue weighted by Gasteiger charge is 2.47. The summed E-state index contributed by atoms with van der Waals surface area (Å²) in [6.07, 6.45) is -0.0741. The maximum atomic E-state index is 13.6. The second kappa shape index (κ2) is 9.35. The first-order valence-corrected chi connectivity index (χ1v) is 10.8. The molecule has 0 bridgehead atoms. The lowest BCUT2D eigenvalue weighted by Gasteiger charge is -2.38. The number of ketones is 1. The second-order valence-corrected chi connectivity index (χ2v) is 8.86. The molecule has 33 heavy (non-hydrogen) atoms. The molecule has 1 aliphatic heterocycles. The number of Topliss-reactive ketones (excluding diaryl/α,β-unsaturated/α-hetero) is 1. The van der Waals surface area contributed by atoms with Crippen LogP contribution in [-0.2, 0) is 23.9 Å². The maximum absolute atomic E-state index is 13.6. The van der Waals surface area contributed by atoms with Crippen LogP contribution in [0.5, 0.6) is 0 Å². The van der Waals surface area contributed by atoms with Gasteiger partial charge in [-0.2, -0.15) is 0 Å². The van der Waals surface area contributed by atoms with Gasteiger partial charge in [0.05, 0.1) is 23.7 Å². The van der Waals surface area contributed by atoms with E-state index in [0.717, 1.165) is 0 Å². The first-order valence-electron chi connectivity index (χ1n) is 10.5. The van der Waals surface area contributed by atoms with E-state index in [2.05, 4.69) is 5.32 Å². The fourth-order valence-corrected chi connectivity index (χ4v) is 4.60. The summed E-state index contributed by atoms with van der Waals surface area (Å²) in [5, 5.41) is 14.6. The van der Waals surface area contributed by atoms with E-state index < -0.39 is 40.6 Å². The summed E-state index contributed by atoms with van der Waals surface area (Å²) in [5.41, 5.74) is 1.34. The zero-order valence-corrected chi connectivity index (χ0v) is 19.7. The van der Waals surface area contributed by atoms with E-state index >= 15 is 0 Å². The van der Waals surface area contributed by atoms with Crippen molar-refractivity contribution < 1.29 is 28.8 Å². The largest absolute Gasteiger partial charge is 0.468 e. The van der Waals surface area contributed by atoms with Gasteiger partial charge < -0.3 is 14.8 Å². The lowest BCUT2D eigenvalue weighted by Crippen LogP contribution is -2.43. The summed E-state index contributed by atoms with van der Waals surface area (Å²) in [4.78, 5) is 50.0. The van der Waals surface area contributed by atoms with Crippen molar-refractivity contribution >= 4 is 35.0 Å². The van der Waals surface area contributed by atoms with Gasteiger partial charge in [0.2, 0.25) is 0 Å². The van der Waals surface area contributed by atoms with Gasteiger partial charge in [0.25, 0.3) is 5.69 Å². The number of nitrogens with one attached hydrogen (secondary N) is 1. The number of carbonyl (C=O) groups excluding carboxylic acids is 3. The van der Waals surface area contributed by atoms with E-state index in [1.54, 1.807) is 27.7 Å². The molecule has 0 aromatic heterocycles. The van der Waals surface area contributed by atoms with Gasteiger partial charge in [0, 0.05) is 29.0 Å². The van der Waals surface area contributed by atoms with Crippen LogP contribution in [0.2, 0.25) is 5.02 Å². The van der Waals surface area contributed by atoms with E-state index in [1.165, 1.54) is 25.3 Å². The normalized spacial score (nSPS) is 22.6. The van der Waals surface area contributed by atoms with Crippen LogP contribution < -0.4 is 5.32 Å². The number of benzene rings is 1. The highest BCUT2D eigenvalue weighted by atomic mass is 35.5. The van der Waals surface area contributed by atoms with Crippen LogP contribution in [0.1, 0.15) is 45.6 Å². The first-order chi connectivity index (χ1) is 15.5. The van der Waals surface area contributed by atoms with Crippen molar-refractivity contribution in [3.8, 4) is 0 Å². The standard InChI is InChI=1S/C23H25ClN2O7/c1-10(2)33-23(29)18-12(4)25-15-8-11(3)17(22(28)32-5)21(27)20(15)19(18)13-6-7-14(24)16(9-13)26(30)31/h6-7,9-11,17,19,25H,8H2,1-5H3/t11-,17+,19+/m1/s1. The average Bonchev–Trinajstić information content (AvgIpc) is 2.72. The molecule has 0 unspecified atom stereocenters. The fraction of sp³-hybridized carbons (Fsp3) is 0.435. The van der Waals surface area contributed by atoms with Gasteiger partial charge in [-0.1, -0.05) is 24.6 Å². The van der Waals surface area contributed by atoms with Gasteiger partial charge in [0.15, 0.2) is 5.78 Å². The number of nitrogens with zero attached hydrogens (tertiary/aromatic N) is 1. The quantitative estimate of drug-likeness (QED) is 0.294. The van der Waals surface area contributed by atoms with Gasteiger partial charge in [-0.05, 0) is 44.7 Å². The Morgan fingerprint density at radius 1 is 1.30 bits per heavy atom. The van der Waals surface area contributed by atoms with Gasteiger partial charge in [-0.3, -0.25) is 19.7 Å². The molecule has 3 atom stereocenters. The van der Waals surface area contributed by atoms with Crippen LogP contribution >= 0.6 is 11.6 Å². The Bertz CT molecular complexity index is 1110. The number of hydrogen-bond acceptors (Lipinski definition) is 8. The zero-order chi connectivity index (χ0) is 24.6. The molecule has 1 aliphatic carbocycles. The van der Waals surface area contributed by atoms with Gasteiger partial charge in [-0.25, -0.2) is 4.79 Å². The van der Waals surface area contributed by atoms with Crippen LogP contribution in [0.4, 0.5) is 5.69 Å². The number of hydrogen-bond donors (Lipinski definition) is 1. The Labute approximate surface area is 195 Å². The molecule has 0 saturated carbocycles. The average molecular weight is 477 g/mol. The van der Waals surface area contributed by atoms with Crippen molar-refractivity contribution in [2.45, 2.75) is 46.1 Å². The van der Waals surface area contributed by atoms with E-state index in [4.69, 9.17) is 21.1 Å². The number of carbonyl (C=O) groups is 3. The van der Waals surface area contributed by atoms with Gasteiger partial charge >= 0.3 is 11.9 Å². The number of allylic oxidation sites excluding steroid dienone is 3. The number of nitro benzene ring substituents is 1. The third kappa shape index (κ3) is 4.50. The van der Waals surface area contributed by atoms with E-state index in [-0.39, 0.29) is 27.8 Å². The summed E-state index contributed by atoms with van der Waals surface area (Å²) in [6, 6.07) is 4.13. The highest BCUT2D eigenvalue weighted by molar-refractivity contribution is 6.32. The maximum Gasteiger partial charge on any atom is 0.337 e. The summed E-state index contributed by atoms with van der Waals surface area (Å²) in [7, 11) is 1.21. The molecule has 1 aromatic rings. The number of ether oxygens (including phenoxy) is 2. The number of nitro groups is 1. The predicted molar refractivity (Wildman–Crippen MR) is 119 cm³/mol. The SMILES string of the molecule is COC(=O)[C@@H]1C(=O)C2=C(C[C@H]1C)NC(C)=C(C(=O)OC(C)C)[C@@H]2c1ccc(Cl)c([N+](=O)[O-])c1. The van der Waals surface area contributed by atoms with Crippen LogP contribution in [0.3, 0.4) is 0 Å². The van der Waals surface area contributed by atoms with Gasteiger partial charge in [0.1, 0.15) is 10.9 Å². The monoisotopic (exact) mass is 476 g/mol. The van der Waals surface area contributed by atoms with Crippen molar-refractivity contribution in [2.24, 2.45) is 11.8 Å². The Balaban J connectivity index is 2.25. The molecule has 0 spiro atoms. The van der Waals surface area contributed by atoms with Crippen LogP contribution in [0.15, 0.2) is 40.7 Å². The number of dihydropyridines is 1. The van der Waals surface area contributed by atoms with Crippen LogP contribution in [0.25, 0.3) is 0 Å². The fourth-order valence-electron chi connectivity index (χ4n) is 4.41. The summed E-state index contributed by atoms with van der Waals surface area (Å²) >= 11 is 6.00. The number of esters is 2. The molecule has 2 aliphatic rings. The van der Waals surface area contributed by atoms with Crippen molar-refractivity contribution in [2.75, 3.05) is 7.11 Å². The smallest absolute Gasteiger partial charge is 0.337 e. The number of rotatable bonds is 5. The lowest BCUT2D eigenvalue weighted by molar-refractivity contribution is -0.384. The number of halogens is 1. The topological polar surface area (TPSA) is 125 Å². The molecule has 0 amide bonds. The Kier molecular flexibility index (Phi) is 6.92. The summed E-state index contributed by atoms with van der Waals surface area (Å²) in [6.45, 7) is 6.84. The third-order valence-corrected chi connectivity index (χ3v) is 6.13. The van der Waals surface area contributed by atoms with Crippen molar-refractivity contribution in [1.29, 1.82) is 0 Å². The molecule has 0 fully saturated rings. The zero-order valence-electron chi connectivity index (χ0n) is 18.9. The second-order valence-electron chi connectivity index (χ2n) is 8.46. The minimum atomic E-state index is -1.05. The molecule has 0 radical (unpaired) electrons. The lowest BCUT2D eigenvalue weighted by atomic mass is 9.69. The molecule has 3 rings (SSSR count). The first kappa shape index (κ1) is 24.4. The third-order valence-electron chi connectivity index (χ3n) is 5.81. The molecule has 1 heterocycles. The van der Waals surface area contributed by atoms with Crippen LogP contribution in [-0.4, -0.2) is 35.9 Å².